The fraction of sp³-hybridized carbons (Fsp3) is 0.0833. The Kier molecular flexibility index (Phi) is 3.08. The molecule has 1 aliphatic rings. The lowest BCUT2D eigenvalue weighted by Gasteiger charge is -2.39. The van der Waals surface area contributed by atoms with Gasteiger partial charge >= 0.3 is 0 Å². The first-order valence-electron chi connectivity index (χ1n) is 5.75. The molecule has 2 aromatic rings. The minimum Gasteiger partial charge on any atom is -0.295 e. The number of hydrazine groups is 2. The van der Waals surface area contributed by atoms with Gasteiger partial charge in [0.1, 0.15) is 0 Å². The molecule has 1 aliphatic heterocycles. The monoisotopic (exact) mass is 272 g/mol. The van der Waals surface area contributed by atoms with Crippen molar-refractivity contribution < 1.29 is 0 Å². The van der Waals surface area contributed by atoms with Gasteiger partial charge in [-0.3, -0.25) is 20.8 Å². The van der Waals surface area contributed by atoms with Gasteiger partial charge in [-0.1, -0.05) is 12.1 Å². The summed E-state index contributed by atoms with van der Waals surface area (Å²) < 4.78 is 0. The third kappa shape index (κ3) is 2.14. The first-order valence-corrected chi connectivity index (χ1v) is 6.15. The van der Waals surface area contributed by atoms with Gasteiger partial charge in [-0.2, -0.15) is 0 Å². The van der Waals surface area contributed by atoms with Gasteiger partial charge in [-0.25, -0.2) is 10.9 Å². The molecule has 96 valence electrons. The van der Waals surface area contributed by atoms with Crippen molar-refractivity contribution in [1.29, 1.82) is 0 Å². The summed E-state index contributed by atoms with van der Waals surface area (Å²) in [4.78, 5) is 8.78. The predicted molar refractivity (Wildman–Crippen MR) is 74.4 cm³/mol. The van der Waals surface area contributed by atoms with Crippen LogP contribution >= 0.6 is 12.2 Å². The molecule has 0 aliphatic carbocycles. The molecule has 0 amide bonds. The molecule has 0 spiro atoms. The van der Waals surface area contributed by atoms with Crippen molar-refractivity contribution in [2.24, 2.45) is 0 Å². The first-order chi connectivity index (χ1) is 9.31. The molecular weight excluding hydrogens is 260 g/mol. The molecular formula is C12H12N6S. The van der Waals surface area contributed by atoms with Crippen molar-refractivity contribution >= 4 is 17.3 Å². The van der Waals surface area contributed by atoms with E-state index >= 15 is 0 Å². The Labute approximate surface area is 115 Å². The van der Waals surface area contributed by atoms with Crippen LogP contribution in [-0.4, -0.2) is 15.1 Å². The normalized spacial score (nSPS) is 17.4. The van der Waals surface area contributed by atoms with Gasteiger partial charge in [0.15, 0.2) is 10.8 Å². The van der Waals surface area contributed by atoms with E-state index in [9.17, 15) is 0 Å². The van der Waals surface area contributed by atoms with E-state index in [4.69, 9.17) is 12.2 Å². The molecule has 4 N–H and O–H groups in total. The van der Waals surface area contributed by atoms with E-state index in [-0.39, 0.29) is 0 Å². The lowest BCUT2D eigenvalue weighted by molar-refractivity contribution is 0.243. The van der Waals surface area contributed by atoms with Gasteiger partial charge in [-0.15, -0.1) is 0 Å². The second kappa shape index (κ2) is 4.88. The van der Waals surface area contributed by atoms with Crippen molar-refractivity contribution in [3.05, 3.63) is 60.2 Å². The molecule has 7 heteroatoms. The van der Waals surface area contributed by atoms with E-state index in [2.05, 4.69) is 31.7 Å². The molecule has 0 unspecified atom stereocenters. The Bertz CT molecular complexity index is 522. The number of hydrogen-bond donors (Lipinski definition) is 4. The highest BCUT2D eigenvalue weighted by atomic mass is 32.1. The maximum Gasteiger partial charge on any atom is 0.195 e. The van der Waals surface area contributed by atoms with E-state index in [0.29, 0.717) is 5.11 Å². The second-order valence-electron chi connectivity index (χ2n) is 4.01. The fourth-order valence-electron chi connectivity index (χ4n) is 1.92. The van der Waals surface area contributed by atoms with Crippen LogP contribution in [0.25, 0.3) is 0 Å². The van der Waals surface area contributed by atoms with E-state index in [1.54, 1.807) is 12.4 Å². The van der Waals surface area contributed by atoms with E-state index < -0.39 is 5.66 Å². The van der Waals surface area contributed by atoms with E-state index in [0.717, 1.165) is 11.4 Å². The molecule has 0 atom stereocenters. The van der Waals surface area contributed by atoms with Crippen LogP contribution in [0.1, 0.15) is 11.4 Å². The van der Waals surface area contributed by atoms with Crippen molar-refractivity contribution in [2.75, 3.05) is 0 Å². The molecule has 0 radical (unpaired) electrons. The van der Waals surface area contributed by atoms with Gasteiger partial charge in [0.25, 0.3) is 0 Å². The maximum absolute atomic E-state index is 5.02. The number of rotatable bonds is 2. The van der Waals surface area contributed by atoms with Crippen molar-refractivity contribution in [3.63, 3.8) is 0 Å². The smallest absolute Gasteiger partial charge is 0.195 e. The summed E-state index contributed by atoms with van der Waals surface area (Å²) in [5, 5.41) is 0.461. The van der Waals surface area contributed by atoms with Gasteiger partial charge in [0, 0.05) is 12.4 Å². The second-order valence-corrected chi connectivity index (χ2v) is 4.42. The molecule has 2 aromatic heterocycles. The number of hydrogen-bond acceptors (Lipinski definition) is 5. The Morgan fingerprint density at radius 3 is 1.79 bits per heavy atom. The van der Waals surface area contributed by atoms with Crippen LogP contribution in [0.3, 0.4) is 0 Å². The minimum atomic E-state index is -0.787. The number of nitrogens with one attached hydrogen (secondary N) is 4. The summed E-state index contributed by atoms with van der Waals surface area (Å²) in [5.74, 6) is 0. The highest BCUT2D eigenvalue weighted by Crippen LogP contribution is 2.23. The van der Waals surface area contributed by atoms with Crippen LogP contribution in [0.2, 0.25) is 0 Å². The predicted octanol–water partition coefficient (Wildman–Crippen LogP) is 0.165. The Morgan fingerprint density at radius 1 is 0.842 bits per heavy atom. The molecule has 6 nitrogen and oxygen atoms in total. The quantitative estimate of drug-likeness (QED) is 0.581. The third-order valence-corrected chi connectivity index (χ3v) is 3.03. The summed E-state index contributed by atoms with van der Waals surface area (Å²) in [7, 11) is 0. The SMILES string of the molecule is S=C1NNC(c2ccccn2)(c2ccccn2)NN1. The van der Waals surface area contributed by atoms with Gasteiger partial charge in [0.2, 0.25) is 0 Å². The van der Waals surface area contributed by atoms with E-state index in [1.165, 1.54) is 0 Å². The number of aromatic nitrogens is 2. The van der Waals surface area contributed by atoms with E-state index in [1.807, 2.05) is 36.4 Å². The summed E-state index contributed by atoms with van der Waals surface area (Å²) in [6, 6.07) is 11.4. The molecule has 0 bridgehead atoms. The fourth-order valence-corrected chi connectivity index (χ4v) is 2.02. The zero-order chi connectivity index (χ0) is 13.1. The summed E-state index contributed by atoms with van der Waals surface area (Å²) in [6.45, 7) is 0. The van der Waals surface area contributed by atoms with Crippen molar-refractivity contribution in [3.8, 4) is 0 Å². The highest BCUT2D eigenvalue weighted by Gasteiger charge is 2.39. The Morgan fingerprint density at radius 2 is 1.37 bits per heavy atom. The topological polar surface area (TPSA) is 73.9 Å². The first kappa shape index (κ1) is 12.0. The van der Waals surface area contributed by atoms with Crippen LogP contribution in [0.4, 0.5) is 0 Å². The number of pyridine rings is 2. The number of thiocarbonyl (C=S) groups is 1. The van der Waals surface area contributed by atoms with Gasteiger partial charge < -0.3 is 0 Å². The minimum absolute atomic E-state index is 0.461. The van der Waals surface area contributed by atoms with Crippen molar-refractivity contribution in [2.45, 2.75) is 5.66 Å². The standard InChI is InChI=1S/C12H12N6S/c19-11-15-17-12(18-16-11,9-5-1-3-7-13-9)10-6-2-4-8-14-10/h1-8,17-18H,(H2,15,16,19). The molecule has 0 saturated carbocycles. The number of nitrogens with zero attached hydrogens (tertiary/aromatic N) is 2. The van der Waals surface area contributed by atoms with Crippen LogP contribution in [0.15, 0.2) is 48.8 Å². The van der Waals surface area contributed by atoms with Gasteiger partial charge in [0.05, 0.1) is 11.4 Å². The molecule has 19 heavy (non-hydrogen) atoms. The molecule has 3 heterocycles. The highest BCUT2D eigenvalue weighted by molar-refractivity contribution is 7.80. The summed E-state index contributed by atoms with van der Waals surface area (Å²) in [6.07, 6.45) is 3.46. The summed E-state index contributed by atoms with van der Waals surface area (Å²) >= 11 is 5.02. The van der Waals surface area contributed by atoms with Crippen LogP contribution < -0.4 is 21.7 Å². The Balaban J connectivity index is 2.09. The van der Waals surface area contributed by atoms with Crippen LogP contribution in [0.5, 0.6) is 0 Å². The van der Waals surface area contributed by atoms with Crippen LogP contribution in [0, 0.1) is 0 Å². The summed E-state index contributed by atoms with van der Waals surface area (Å²) in [5.41, 5.74) is 12.8. The maximum atomic E-state index is 5.02. The Hall–Kier alpha value is -2.09. The van der Waals surface area contributed by atoms with Crippen LogP contribution in [-0.2, 0) is 5.66 Å². The lowest BCUT2D eigenvalue weighted by atomic mass is 10.0. The average Bonchev–Trinajstić information content (AvgIpc) is 2.50. The largest absolute Gasteiger partial charge is 0.295 e. The zero-order valence-electron chi connectivity index (χ0n) is 9.92. The molecule has 0 aromatic carbocycles. The third-order valence-electron chi connectivity index (χ3n) is 2.83. The molecule has 3 rings (SSSR count). The van der Waals surface area contributed by atoms with Crippen molar-refractivity contribution in [1.82, 2.24) is 31.7 Å². The lowest BCUT2D eigenvalue weighted by Crippen LogP contribution is -2.72. The van der Waals surface area contributed by atoms with Gasteiger partial charge in [-0.05, 0) is 36.5 Å². The molecule has 1 fully saturated rings. The average molecular weight is 272 g/mol. The zero-order valence-corrected chi connectivity index (χ0v) is 10.7. The molecule has 1 saturated heterocycles.